The Labute approximate surface area is 153 Å². The van der Waals surface area contributed by atoms with Gasteiger partial charge in [-0.1, -0.05) is 30.8 Å². The Morgan fingerprint density at radius 1 is 1.27 bits per heavy atom. The molecule has 0 bridgehead atoms. The Morgan fingerprint density at radius 3 is 2.77 bits per heavy atom. The van der Waals surface area contributed by atoms with Crippen LogP contribution in [0.25, 0.3) is 0 Å². The molecule has 0 aliphatic carbocycles. The lowest BCUT2D eigenvalue weighted by atomic mass is 9.92. The van der Waals surface area contributed by atoms with Gasteiger partial charge in [-0.3, -0.25) is 14.4 Å². The van der Waals surface area contributed by atoms with Crippen molar-refractivity contribution in [2.24, 2.45) is 5.92 Å². The zero-order valence-electron chi connectivity index (χ0n) is 15.1. The predicted molar refractivity (Wildman–Crippen MR) is 98.1 cm³/mol. The van der Waals surface area contributed by atoms with Gasteiger partial charge in [0.25, 0.3) is 0 Å². The van der Waals surface area contributed by atoms with Crippen molar-refractivity contribution >= 4 is 17.7 Å². The van der Waals surface area contributed by atoms with E-state index in [1.807, 2.05) is 31.2 Å². The van der Waals surface area contributed by atoms with Gasteiger partial charge in [-0.2, -0.15) is 0 Å². The maximum atomic E-state index is 13.2. The van der Waals surface area contributed by atoms with Gasteiger partial charge in [0.1, 0.15) is 6.04 Å². The minimum absolute atomic E-state index is 0.0466. The average Bonchev–Trinajstić information content (AvgIpc) is 2.67. The first kappa shape index (κ1) is 18.2. The summed E-state index contributed by atoms with van der Waals surface area (Å²) < 4.78 is 0. The topological polar surface area (TPSA) is 69.7 Å². The van der Waals surface area contributed by atoms with Gasteiger partial charge in [-0.05, 0) is 37.0 Å². The minimum Gasteiger partial charge on any atom is -0.352 e. The molecule has 3 amide bonds. The summed E-state index contributed by atoms with van der Waals surface area (Å²) in [7, 11) is 0. The molecule has 2 atom stereocenters. The monoisotopic (exact) mass is 355 g/mol. The number of rotatable bonds is 3. The summed E-state index contributed by atoms with van der Waals surface area (Å²) in [6.07, 6.45) is 2.81. The number of benzene rings is 1. The molecule has 0 saturated carbocycles. The summed E-state index contributed by atoms with van der Waals surface area (Å²) in [6, 6.07) is 7.05. The summed E-state index contributed by atoms with van der Waals surface area (Å²) >= 11 is 0. The highest BCUT2D eigenvalue weighted by atomic mass is 16.2. The van der Waals surface area contributed by atoms with Crippen LogP contribution in [0.1, 0.15) is 30.0 Å². The third kappa shape index (κ3) is 3.49. The molecule has 1 aromatic carbocycles. The quantitative estimate of drug-likeness (QED) is 0.834. The van der Waals surface area contributed by atoms with Crippen molar-refractivity contribution in [1.29, 1.82) is 0 Å². The number of nitrogens with one attached hydrogen (secondary N) is 1. The first-order chi connectivity index (χ1) is 12.5. The molecule has 6 heteroatoms. The van der Waals surface area contributed by atoms with Crippen molar-refractivity contribution in [1.82, 2.24) is 15.1 Å². The summed E-state index contributed by atoms with van der Waals surface area (Å²) in [5.74, 6) is -0.609. The molecule has 2 fully saturated rings. The molecule has 2 aliphatic rings. The zero-order valence-corrected chi connectivity index (χ0v) is 15.1. The van der Waals surface area contributed by atoms with Gasteiger partial charge < -0.3 is 15.1 Å². The van der Waals surface area contributed by atoms with E-state index in [2.05, 4.69) is 11.9 Å². The number of piperazine rings is 1. The molecule has 138 valence electrons. The number of hydrogen-bond acceptors (Lipinski definition) is 3. The summed E-state index contributed by atoms with van der Waals surface area (Å²) in [6.45, 7) is 7.45. The van der Waals surface area contributed by atoms with E-state index in [4.69, 9.17) is 0 Å². The lowest BCUT2D eigenvalue weighted by Gasteiger charge is -2.40. The molecule has 0 spiro atoms. The van der Waals surface area contributed by atoms with E-state index in [0.29, 0.717) is 26.2 Å². The molecule has 1 aromatic rings. The van der Waals surface area contributed by atoms with Crippen LogP contribution in [0.4, 0.5) is 0 Å². The molecule has 0 aromatic heterocycles. The number of hydrogen-bond donors (Lipinski definition) is 1. The lowest BCUT2D eigenvalue weighted by Crippen LogP contribution is -2.55. The Morgan fingerprint density at radius 2 is 2.04 bits per heavy atom. The number of piperidine rings is 1. The van der Waals surface area contributed by atoms with Gasteiger partial charge in [0, 0.05) is 26.2 Å². The number of likely N-dealkylation sites (tertiary alicyclic amines) is 1. The average molecular weight is 355 g/mol. The Bertz CT molecular complexity index is 731. The van der Waals surface area contributed by atoms with E-state index in [9.17, 15) is 14.4 Å². The molecule has 2 saturated heterocycles. The number of nitrogens with zero attached hydrogens (tertiary/aromatic N) is 2. The normalized spacial score (nSPS) is 23.3. The van der Waals surface area contributed by atoms with Gasteiger partial charge in [-0.15, -0.1) is 0 Å². The zero-order chi connectivity index (χ0) is 18.7. The van der Waals surface area contributed by atoms with Crippen LogP contribution in [0.3, 0.4) is 0 Å². The Balaban J connectivity index is 1.84. The maximum Gasteiger partial charge on any atom is 0.247 e. The van der Waals surface area contributed by atoms with Crippen molar-refractivity contribution in [2.75, 3.05) is 26.2 Å². The molecule has 2 heterocycles. The van der Waals surface area contributed by atoms with E-state index in [-0.39, 0.29) is 23.6 Å². The van der Waals surface area contributed by atoms with Crippen molar-refractivity contribution in [3.63, 3.8) is 0 Å². The minimum atomic E-state index is -0.608. The molecular weight excluding hydrogens is 330 g/mol. The van der Waals surface area contributed by atoms with Crippen LogP contribution in [0.2, 0.25) is 0 Å². The van der Waals surface area contributed by atoms with Crippen molar-refractivity contribution < 1.29 is 14.4 Å². The van der Waals surface area contributed by atoms with Crippen molar-refractivity contribution in [3.8, 4) is 0 Å². The van der Waals surface area contributed by atoms with Gasteiger partial charge >= 0.3 is 0 Å². The van der Waals surface area contributed by atoms with Crippen LogP contribution in [-0.4, -0.2) is 53.7 Å². The van der Waals surface area contributed by atoms with Crippen LogP contribution in [0.5, 0.6) is 0 Å². The van der Waals surface area contributed by atoms with E-state index >= 15 is 0 Å². The summed E-state index contributed by atoms with van der Waals surface area (Å²) in [5.41, 5.74) is 1.84. The van der Waals surface area contributed by atoms with Crippen LogP contribution in [0, 0.1) is 12.8 Å². The lowest BCUT2D eigenvalue weighted by molar-refractivity contribution is -0.148. The molecule has 0 radical (unpaired) electrons. The molecule has 1 N–H and O–H groups in total. The third-order valence-electron chi connectivity index (χ3n) is 5.24. The standard InChI is InChI=1S/C20H25N3O3/c1-3-17(24)22-11-6-8-15(13-22)20(26)23-12-10-21-19(25)18(23)16-9-5-4-7-14(16)2/h3-5,7,9,15,18H,1,6,8,10-13H2,2H3,(H,21,25). The highest BCUT2D eigenvalue weighted by Gasteiger charge is 2.39. The second-order valence-electron chi connectivity index (χ2n) is 6.91. The van der Waals surface area contributed by atoms with E-state index in [0.717, 1.165) is 24.0 Å². The highest BCUT2D eigenvalue weighted by Crippen LogP contribution is 2.29. The Kier molecular flexibility index (Phi) is 5.40. The van der Waals surface area contributed by atoms with Crippen LogP contribution in [0.15, 0.2) is 36.9 Å². The third-order valence-corrected chi connectivity index (χ3v) is 5.24. The fraction of sp³-hybridized carbons (Fsp3) is 0.450. The van der Waals surface area contributed by atoms with Gasteiger partial charge in [0.2, 0.25) is 17.7 Å². The van der Waals surface area contributed by atoms with Crippen LogP contribution >= 0.6 is 0 Å². The number of aryl methyl sites for hydroxylation is 1. The second kappa shape index (κ2) is 7.72. The largest absolute Gasteiger partial charge is 0.352 e. The first-order valence-electron chi connectivity index (χ1n) is 9.08. The van der Waals surface area contributed by atoms with Crippen LogP contribution < -0.4 is 5.32 Å². The molecule has 2 aliphatic heterocycles. The fourth-order valence-corrected chi connectivity index (χ4v) is 3.85. The second-order valence-corrected chi connectivity index (χ2v) is 6.91. The van der Waals surface area contributed by atoms with Gasteiger partial charge in [0.15, 0.2) is 0 Å². The molecule has 26 heavy (non-hydrogen) atoms. The highest BCUT2D eigenvalue weighted by molar-refractivity contribution is 5.92. The van der Waals surface area contributed by atoms with Gasteiger partial charge in [0.05, 0.1) is 5.92 Å². The van der Waals surface area contributed by atoms with Crippen molar-refractivity contribution in [2.45, 2.75) is 25.8 Å². The molecular formula is C20H25N3O3. The fourth-order valence-electron chi connectivity index (χ4n) is 3.85. The van der Waals surface area contributed by atoms with Crippen LogP contribution in [-0.2, 0) is 14.4 Å². The number of carbonyl (C=O) groups excluding carboxylic acids is 3. The van der Waals surface area contributed by atoms with Crippen molar-refractivity contribution in [3.05, 3.63) is 48.0 Å². The summed E-state index contributed by atoms with van der Waals surface area (Å²) in [4.78, 5) is 41.1. The number of amides is 3. The maximum absolute atomic E-state index is 13.2. The SMILES string of the molecule is C=CC(=O)N1CCCC(C(=O)N2CCNC(=O)C2c2ccccc2C)C1. The number of carbonyl (C=O) groups is 3. The van der Waals surface area contributed by atoms with Gasteiger partial charge in [-0.25, -0.2) is 0 Å². The Hall–Kier alpha value is -2.63. The van der Waals surface area contributed by atoms with E-state index in [1.165, 1.54) is 6.08 Å². The summed E-state index contributed by atoms with van der Waals surface area (Å²) in [5, 5.41) is 2.87. The van der Waals surface area contributed by atoms with E-state index in [1.54, 1.807) is 9.80 Å². The first-order valence-corrected chi connectivity index (χ1v) is 9.08. The molecule has 6 nitrogen and oxygen atoms in total. The van der Waals surface area contributed by atoms with E-state index < -0.39 is 6.04 Å². The molecule has 3 rings (SSSR count). The predicted octanol–water partition coefficient (Wildman–Crippen LogP) is 1.42. The molecule has 2 unspecified atom stereocenters. The smallest absolute Gasteiger partial charge is 0.247 e.